The molecular weight excluding hydrogens is 705 g/mol. The lowest BCUT2D eigenvalue weighted by Crippen LogP contribution is -2.14. The number of rotatable bonds is 13. The van der Waals surface area contributed by atoms with Gasteiger partial charge in [-0.3, -0.25) is 4.98 Å². The lowest BCUT2D eigenvalue weighted by atomic mass is 10.2. The molecule has 0 saturated carbocycles. The fraction of sp³-hybridized carbons (Fsp3) is 0.176. The van der Waals surface area contributed by atoms with Gasteiger partial charge in [-0.15, -0.1) is 11.3 Å². The summed E-state index contributed by atoms with van der Waals surface area (Å²) in [5, 5.41) is 6.76. The quantitative estimate of drug-likeness (QED) is 0.125. The molecule has 0 fully saturated rings. The van der Waals surface area contributed by atoms with Crippen LogP contribution < -0.4 is 10.1 Å². The van der Waals surface area contributed by atoms with Crippen LogP contribution in [-0.2, 0) is 21.2 Å². The van der Waals surface area contributed by atoms with Gasteiger partial charge in [0.15, 0.2) is 9.84 Å². The maximum Gasteiger partial charge on any atom is 0.180 e. The molecule has 3 aromatic heterocycles. The molecule has 47 heavy (non-hydrogen) atoms. The first-order valence-electron chi connectivity index (χ1n) is 14.7. The fourth-order valence-corrected chi connectivity index (χ4v) is 7.34. The first kappa shape index (κ1) is 32.6. The average Bonchev–Trinajstić information content (AvgIpc) is 3.57. The highest BCUT2D eigenvalue weighted by Crippen LogP contribution is 2.33. The van der Waals surface area contributed by atoms with Crippen LogP contribution in [0.15, 0.2) is 106 Å². The second-order valence-corrected chi connectivity index (χ2v) is 14.3. The van der Waals surface area contributed by atoms with Crippen molar-refractivity contribution in [2.45, 2.75) is 31.0 Å². The molecule has 240 valence electrons. The summed E-state index contributed by atoms with van der Waals surface area (Å²) in [6, 6.07) is 22.1. The second-order valence-electron chi connectivity index (χ2n) is 10.5. The smallest absolute Gasteiger partial charge is 0.180 e. The highest BCUT2D eigenvalue weighted by molar-refractivity contribution is 9.10. The zero-order valence-electron chi connectivity index (χ0n) is 25.1. The van der Waals surface area contributed by atoms with E-state index in [9.17, 15) is 12.8 Å². The minimum atomic E-state index is -3.44. The molecule has 0 saturated heterocycles. The number of ether oxygens (including phenoxy) is 2. The summed E-state index contributed by atoms with van der Waals surface area (Å²) in [6.07, 6.45) is 3.44. The normalized spacial score (nSPS) is 12.2. The van der Waals surface area contributed by atoms with Crippen LogP contribution >= 0.6 is 27.3 Å². The molecule has 0 bridgehead atoms. The van der Waals surface area contributed by atoms with Crippen molar-refractivity contribution in [3.05, 3.63) is 118 Å². The van der Waals surface area contributed by atoms with E-state index in [4.69, 9.17) is 14.5 Å². The van der Waals surface area contributed by atoms with Gasteiger partial charge in [0.1, 0.15) is 41.4 Å². The van der Waals surface area contributed by atoms with Crippen LogP contribution in [0.5, 0.6) is 5.75 Å². The van der Waals surface area contributed by atoms with E-state index in [2.05, 4.69) is 36.2 Å². The van der Waals surface area contributed by atoms with Crippen LogP contribution in [0.4, 0.5) is 15.9 Å². The monoisotopic (exact) mass is 733 g/mol. The van der Waals surface area contributed by atoms with Gasteiger partial charge in [0, 0.05) is 16.5 Å². The Bertz CT molecular complexity index is 2120. The van der Waals surface area contributed by atoms with Gasteiger partial charge in [-0.25, -0.2) is 27.8 Å². The fourth-order valence-electron chi connectivity index (χ4n) is 4.78. The molecule has 1 unspecified atom stereocenters. The molecule has 0 radical (unpaired) electrons. The van der Waals surface area contributed by atoms with Crippen LogP contribution in [0.25, 0.3) is 22.3 Å². The Kier molecular flexibility index (Phi) is 10.2. The predicted octanol–water partition coefficient (Wildman–Crippen LogP) is 8.31. The number of hydrogen-bond acceptors (Lipinski definition) is 10. The summed E-state index contributed by atoms with van der Waals surface area (Å²) in [7, 11) is -3.44. The van der Waals surface area contributed by atoms with Crippen molar-refractivity contribution in [1.82, 2.24) is 19.9 Å². The number of anilines is 2. The Morgan fingerprint density at radius 3 is 2.62 bits per heavy atom. The van der Waals surface area contributed by atoms with E-state index in [0.717, 1.165) is 26.1 Å². The van der Waals surface area contributed by atoms with Gasteiger partial charge in [-0.1, -0.05) is 37.3 Å². The third kappa shape index (κ3) is 7.99. The molecule has 3 aromatic carbocycles. The SMILES string of the molecule is CCC(OCCS(=O)(=O)c1ccccc1)c1nc(-c2cc3c(Nc4ccc(OCc5cccc(F)c5)c(Br)c4)ncnc3cn2)cs1. The number of sulfone groups is 1. The Balaban J connectivity index is 1.14. The number of thiazole rings is 1. The molecule has 0 aliphatic rings. The van der Waals surface area contributed by atoms with Gasteiger partial charge in [-0.05, 0) is 76.4 Å². The predicted molar refractivity (Wildman–Crippen MR) is 184 cm³/mol. The topological polar surface area (TPSA) is 116 Å². The maximum absolute atomic E-state index is 13.5. The molecular formula is C34H29BrFN5O4S2. The number of halogens is 2. The summed E-state index contributed by atoms with van der Waals surface area (Å²) in [5.74, 6) is 0.781. The standard InChI is InChI=1S/C34H29BrFN5O4S2/c1-2-31(44-13-14-47(42,43)25-9-4-3-5-10-25)34-41-30(20-46-34)28-17-26-29(18-37-28)38-21-39-33(26)40-24-11-12-32(27(35)16-24)45-19-22-7-6-8-23(36)15-22/h3-12,15-18,20-21,31H,2,13-14,19H2,1H3,(H,38,39,40). The van der Waals surface area contributed by atoms with Crippen molar-refractivity contribution >= 4 is 59.5 Å². The minimum absolute atomic E-state index is 0.0570. The number of pyridine rings is 1. The molecule has 6 aromatic rings. The highest BCUT2D eigenvalue weighted by atomic mass is 79.9. The van der Waals surface area contributed by atoms with E-state index in [-0.39, 0.29) is 35.8 Å². The number of hydrogen-bond donors (Lipinski definition) is 1. The molecule has 0 amide bonds. The third-order valence-corrected chi connectivity index (χ3v) is 10.5. The maximum atomic E-state index is 13.5. The molecule has 1 N–H and O–H groups in total. The molecule has 0 aliphatic carbocycles. The lowest BCUT2D eigenvalue weighted by molar-refractivity contribution is 0.0609. The van der Waals surface area contributed by atoms with Crippen molar-refractivity contribution in [1.29, 1.82) is 0 Å². The van der Waals surface area contributed by atoms with Crippen LogP contribution in [0, 0.1) is 5.82 Å². The largest absolute Gasteiger partial charge is 0.488 e. The average molecular weight is 735 g/mol. The molecule has 13 heteroatoms. The van der Waals surface area contributed by atoms with Crippen molar-refractivity contribution < 1.29 is 22.3 Å². The van der Waals surface area contributed by atoms with E-state index >= 15 is 0 Å². The highest BCUT2D eigenvalue weighted by Gasteiger charge is 2.19. The molecule has 3 heterocycles. The van der Waals surface area contributed by atoms with Gasteiger partial charge in [0.25, 0.3) is 0 Å². The number of nitrogens with zero attached hydrogens (tertiary/aromatic N) is 4. The van der Waals surface area contributed by atoms with Gasteiger partial charge in [0.2, 0.25) is 0 Å². The number of aromatic nitrogens is 4. The molecule has 6 rings (SSSR count). The summed E-state index contributed by atoms with van der Waals surface area (Å²) in [4.78, 5) is 18.5. The first-order chi connectivity index (χ1) is 22.8. The van der Waals surface area contributed by atoms with Crippen molar-refractivity contribution in [3.8, 4) is 17.1 Å². The lowest BCUT2D eigenvalue weighted by Gasteiger charge is -2.14. The number of fused-ring (bicyclic) bond motifs is 1. The molecule has 1 atom stereocenters. The van der Waals surface area contributed by atoms with Crippen LogP contribution in [0.1, 0.15) is 30.0 Å². The van der Waals surface area contributed by atoms with E-state index < -0.39 is 9.84 Å². The Hall–Kier alpha value is -4.30. The van der Waals surface area contributed by atoms with Crippen LogP contribution in [0.3, 0.4) is 0 Å². The van der Waals surface area contributed by atoms with Crippen molar-refractivity contribution in [2.75, 3.05) is 17.7 Å². The van der Waals surface area contributed by atoms with E-state index in [1.165, 1.54) is 29.8 Å². The van der Waals surface area contributed by atoms with Gasteiger partial charge < -0.3 is 14.8 Å². The second kappa shape index (κ2) is 14.6. The Morgan fingerprint density at radius 1 is 0.979 bits per heavy atom. The summed E-state index contributed by atoms with van der Waals surface area (Å²) < 4.78 is 51.4. The van der Waals surface area contributed by atoms with Crippen LogP contribution in [0.2, 0.25) is 0 Å². The van der Waals surface area contributed by atoms with Crippen molar-refractivity contribution in [2.24, 2.45) is 0 Å². The number of nitrogens with one attached hydrogen (secondary N) is 1. The van der Waals surface area contributed by atoms with Gasteiger partial charge in [0.05, 0.1) is 44.8 Å². The summed E-state index contributed by atoms with van der Waals surface area (Å²) >= 11 is 5.01. The summed E-state index contributed by atoms with van der Waals surface area (Å²) in [6.45, 7) is 2.26. The van der Waals surface area contributed by atoms with Gasteiger partial charge >= 0.3 is 0 Å². The van der Waals surface area contributed by atoms with Gasteiger partial charge in [-0.2, -0.15) is 0 Å². The van der Waals surface area contributed by atoms with Crippen molar-refractivity contribution in [3.63, 3.8) is 0 Å². The Morgan fingerprint density at radius 2 is 1.83 bits per heavy atom. The number of benzene rings is 3. The Labute approximate surface area is 283 Å². The van der Waals surface area contributed by atoms with Crippen LogP contribution in [-0.4, -0.2) is 40.7 Å². The third-order valence-electron chi connectivity index (χ3n) is 7.20. The minimum Gasteiger partial charge on any atom is -0.488 e. The van der Waals surface area contributed by atoms with E-state index in [1.807, 2.05) is 36.6 Å². The molecule has 0 spiro atoms. The first-order valence-corrected chi connectivity index (χ1v) is 18.0. The van der Waals surface area contributed by atoms with E-state index in [1.54, 1.807) is 48.7 Å². The zero-order chi connectivity index (χ0) is 32.8. The van der Waals surface area contributed by atoms with E-state index in [0.29, 0.717) is 34.9 Å². The molecule has 0 aliphatic heterocycles. The summed E-state index contributed by atoms with van der Waals surface area (Å²) in [5.41, 5.74) is 3.46. The molecule has 9 nitrogen and oxygen atoms in total. The zero-order valence-corrected chi connectivity index (χ0v) is 28.4.